The summed E-state index contributed by atoms with van der Waals surface area (Å²) >= 11 is 7.55. The Morgan fingerprint density at radius 1 is 1.54 bits per heavy atom. The lowest BCUT2D eigenvalue weighted by Crippen LogP contribution is -1.89. The van der Waals surface area contributed by atoms with E-state index in [-0.39, 0.29) is 0 Å². The van der Waals surface area contributed by atoms with E-state index in [4.69, 9.17) is 11.6 Å². The SMILES string of the molecule is CCc1cc(C=O)c(Cl)c(SC)c1. The van der Waals surface area contributed by atoms with Crippen molar-refractivity contribution in [3.05, 3.63) is 28.3 Å². The van der Waals surface area contributed by atoms with E-state index >= 15 is 0 Å². The van der Waals surface area contributed by atoms with Gasteiger partial charge in [0.2, 0.25) is 0 Å². The fraction of sp³-hybridized carbons (Fsp3) is 0.300. The fourth-order valence-electron chi connectivity index (χ4n) is 1.12. The van der Waals surface area contributed by atoms with Crippen LogP contribution < -0.4 is 0 Å². The molecule has 1 nitrogen and oxygen atoms in total. The normalized spacial score (nSPS) is 10.1. The number of benzene rings is 1. The quantitative estimate of drug-likeness (QED) is 0.567. The molecular formula is C10H11ClOS. The maximum absolute atomic E-state index is 10.7. The number of halogens is 1. The molecule has 0 aromatic heterocycles. The van der Waals surface area contributed by atoms with Crippen LogP contribution in [0.4, 0.5) is 0 Å². The lowest BCUT2D eigenvalue weighted by Gasteiger charge is -2.06. The molecular weight excluding hydrogens is 204 g/mol. The molecule has 0 aliphatic rings. The van der Waals surface area contributed by atoms with Crippen LogP contribution in [0, 0.1) is 0 Å². The number of aryl methyl sites for hydroxylation is 1. The molecule has 0 aliphatic carbocycles. The minimum absolute atomic E-state index is 0.569. The molecule has 0 heterocycles. The second-order valence-electron chi connectivity index (χ2n) is 2.67. The molecule has 3 heteroatoms. The highest BCUT2D eigenvalue weighted by Crippen LogP contribution is 2.29. The number of aldehydes is 1. The molecule has 0 spiro atoms. The van der Waals surface area contributed by atoms with Gasteiger partial charge in [-0.05, 0) is 30.4 Å². The summed E-state index contributed by atoms with van der Waals surface area (Å²) in [6.45, 7) is 2.06. The van der Waals surface area contributed by atoms with Crippen molar-refractivity contribution in [2.24, 2.45) is 0 Å². The summed E-state index contributed by atoms with van der Waals surface area (Å²) in [7, 11) is 0. The summed E-state index contributed by atoms with van der Waals surface area (Å²) in [4.78, 5) is 11.6. The highest BCUT2D eigenvalue weighted by Gasteiger charge is 2.06. The first-order chi connectivity index (χ1) is 6.22. The molecule has 1 aromatic carbocycles. The first kappa shape index (κ1) is 10.6. The van der Waals surface area contributed by atoms with Gasteiger partial charge in [-0.1, -0.05) is 18.5 Å². The molecule has 0 saturated heterocycles. The smallest absolute Gasteiger partial charge is 0.151 e. The lowest BCUT2D eigenvalue weighted by molar-refractivity contribution is 0.112. The molecule has 13 heavy (non-hydrogen) atoms. The number of hydrogen-bond acceptors (Lipinski definition) is 2. The van der Waals surface area contributed by atoms with Gasteiger partial charge in [0.25, 0.3) is 0 Å². The predicted molar refractivity (Wildman–Crippen MR) is 58.0 cm³/mol. The van der Waals surface area contributed by atoms with Gasteiger partial charge in [0.15, 0.2) is 6.29 Å². The van der Waals surface area contributed by atoms with Crippen LogP contribution in [0.25, 0.3) is 0 Å². The zero-order valence-corrected chi connectivity index (χ0v) is 9.21. The number of carbonyl (C=O) groups is 1. The average Bonchev–Trinajstić information content (AvgIpc) is 2.18. The van der Waals surface area contributed by atoms with Gasteiger partial charge in [-0.15, -0.1) is 11.8 Å². The number of rotatable bonds is 3. The minimum atomic E-state index is 0.569. The summed E-state index contributed by atoms with van der Waals surface area (Å²) in [5.41, 5.74) is 1.74. The van der Waals surface area contributed by atoms with Gasteiger partial charge >= 0.3 is 0 Å². The number of hydrogen-bond donors (Lipinski definition) is 0. The van der Waals surface area contributed by atoms with Gasteiger partial charge in [-0.25, -0.2) is 0 Å². The van der Waals surface area contributed by atoms with E-state index in [1.54, 1.807) is 11.8 Å². The third kappa shape index (κ3) is 2.26. The van der Waals surface area contributed by atoms with Crippen LogP contribution in [-0.2, 0) is 6.42 Å². The molecule has 0 saturated carbocycles. The maximum atomic E-state index is 10.7. The molecule has 0 fully saturated rings. The van der Waals surface area contributed by atoms with Crippen molar-refractivity contribution in [3.8, 4) is 0 Å². The molecule has 0 radical (unpaired) electrons. The minimum Gasteiger partial charge on any atom is -0.298 e. The van der Waals surface area contributed by atoms with Crippen molar-refractivity contribution in [1.29, 1.82) is 0 Å². The molecule has 70 valence electrons. The largest absolute Gasteiger partial charge is 0.298 e. The van der Waals surface area contributed by atoms with Crippen LogP contribution in [0.2, 0.25) is 5.02 Å². The van der Waals surface area contributed by atoms with E-state index in [1.165, 1.54) is 0 Å². The van der Waals surface area contributed by atoms with Crippen molar-refractivity contribution in [2.75, 3.05) is 6.26 Å². The lowest BCUT2D eigenvalue weighted by atomic mass is 10.1. The summed E-state index contributed by atoms with van der Waals surface area (Å²) in [5, 5.41) is 0.569. The monoisotopic (exact) mass is 214 g/mol. The Morgan fingerprint density at radius 3 is 2.69 bits per heavy atom. The third-order valence-corrected chi connectivity index (χ3v) is 3.18. The summed E-state index contributed by atoms with van der Waals surface area (Å²) < 4.78 is 0. The van der Waals surface area contributed by atoms with Crippen molar-refractivity contribution in [3.63, 3.8) is 0 Å². The summed E-state index contributed by atoms with van der Waals surface area (Å²) in [6, 6.07) is 3.87. The van der Waals surface area contributed by atoms with Crippen LogP contribution in [0.3, 0.4) is 0 Å². The fourth-order valence-corrected chi connectivity index (χ4v) is 2.07. The Kier molecular flexibility index (Phi) is 3.82. The van der Waals surface area contributed by atoms with Crippen molar-refractivity contribution in [2.45, 2.75) is 18.2 Å². The Labute approximate surface area is 87.5 Å². The third-order valence-electron chi connectivity index (χ3n) is 1.88. The van der Waals surface area contributed by atoms with Gasteiger partial charge < -0.3 is 0 Å². The van der Waals surface area contributed by atoms with Crippen molar-refractivity contribution in [1.82, 2.24) is 0 Å². The molecule has 1 rings (SSSR count). The number of carbonyl (C=O) groups excluding carboxylic acids is 1. The first-order valence-corrected chi connectivity index (χ1v) is 5.64. The highest BCUT2D eigenvalue weighted by atomic mass is 35.5. The molecule has 1 aromatic rings. The highest BCUT2D eigenvalue weighted by molar-refractivity contribution is 7.98. The second-order valence-corrected chi connectivity index (χ2v) is 3.90. The summed E-state index contributed by atoms with van der Waals surface area (Å²) in [5.74, 6) is 0. The maximum Gasteiger partial charge on any atom is 0.151 e. The zero-order valence-electron chi connectivity index (χ0n) is 7.63. The van der Waals surface area contributed by atoms with Crippen LogP contribution in [0.1, 0.15) is 22.8 Å². The van der Waals surface area contributed by atoms with Crippen molar-refractivity contribution >= 4 is 29.6 Å². The molecule has 0 atom stereocenters. The van der Waals surface area contributed by atoms with E-state index in [2.05, 4.69) is 6.92 Å². The van der Waals surface area contributed by atoms with Crippen LogP contribution in [0.15, 0.2) is 17.0 Å². The molecule has 0 aliphatic heterocycles. The first-order valence-electron chi connectivity index (χ1n) is 4.04. The van der Waals surface area contributed by atoms with E-state index in [9.17, 15) is 4.79 Å². The average molecular weight is 215 g/mol. The number of thioether (sulfide) groups is 1. The Morgan fingerprint density at radius 2 is 2.23 bits per heavy atom. The predicted octanol–water partition coefficient (Wildman–Crippen LogP) is 3.44. The van der Waals surface area contributed by atoms with Gasteiger partial charge in [-0.3, -0.25) is 4.79 Å². The molecule has 0 amide bonds. The van der Waals surface area contributed by atoms with E-state index in [0.717, 1.165) is 23.2 Å². The van der Waals surface area contributed by atoms with E-state index in [1.807, 2.05) is 18.4 Å². The molecule has 0 N–H and O–H groups in total. The van der Waals surface area contributed by atoms with Crippen LogP contribution in [0.5, 0.6) is 0 Å². The van der Waals surface area contributed by atoms with Gasteiger partial charge in [-0.2, -0.15) is 0 Å². The van der Waals surface area contributed by atoms with Crippen molar-refractivity contribution < 1.29 is 4.79 Å². The summed E-state index contributed by atoms with van der Waals surface area (Å²) in [6.07, 6.45) is 3.68. The van der Waals surface area contributed by atoms with Gasteiger partial charge in [0.1, 0.15) is 0 Å². The molecule has 0 bridgehead atoms. The van der Waals surface area contributed by atoms with Crippen LogP contribution >= 0.6 is 23.4 Å². The standard InChI is InChI=1S/C10H11ClOS/c1-3-7-4-8(6-12)10(11)9(5-7)13-2/h4-6H,3H2,1-2H3. The van der Waals surface area contributed by atoms with Crippen LogP contribution in [-0.4, -0.2) is 12.5 Å². The zero-order chi connectivity index (χ0) is 9.84. The van der Waals surface area contributed by atoms with E-state index in [0.29, 0.717) is 10.6 Å². The molecule has 0 unspecified atom stereocenters. The Hall–Kier alpha value is -0.470. The topological polar surface area (TPSA) is 17.1 Å². The van der Waals surface area contributed by atoms with Gasteiger partial charge in [0, 0.05) is 10.5 Å². The second kappa shape index (κ2) is 4.68. The van der Waals surface area contributed by atoms with Gasteiger partial charge in [0.05, 0.1) is 5.02 Å². The Balaban J connectivity index is 3.28. The van der Waals surface area contributed by atoms with E-state index < -0.39 is 0 Å². The Bertz CT molecular complexity index is 323.